The Morgan fingerprint density at radius 1 is 1.45 bits per heavy atom. The summed E-state index contributed by atoms with van der Waals surface area (Å²) in [4.78, 5) is 17.3. The molecule has 0 amide bonds. The molecule has 2 heterocycles. The van der Waals surface area contributed by atoms with Crippen molar-refractivity contribution < 1.29 is 9.90 Å². The first-order valence-corrected chi connectivity index (χ1v) is 7.97. The van der Waals surface area contributed by atoms with Crippen molar-refractivity contribution in [1.82, 2.24) is 9.80 Å². The SMILES string of the molecule is Cc1sc(C(=O)O)cc1CN1CCC(CN(C)C)CC1. The number of carbonyl (C=O) groups is 1. The van der Waals surface area contributed by atoms with Crippen LogP contribution in [0.25, 0.3) is 0 Å². The number of nitrogens with zero attached hydrogens (tertiary/aromatic N) is 2. The largest absolute Gasteiger partial charge is 0.477 e. The van der Waals surface area contributed by atoms with Gasteiger partial charge in [-0.25, -0.2) is 4.79 Å². The molecule has 0 saturated carbocycles. The van der Waals surface area contributed by atoms with E-state index >= 15 is 0 Å². The van der Waals surface area contributed by atoms with Crippen LogP contribution in [0.15, 0.2) is 6.07 Å². The van der Waals surface area contributed by atoms with Crippen LogP contribution < -0.4 is 0 Å². The average molecular weight is 296 g/mol. The second kappa shape index (κ2) is 6.70. The molecular weight excluding hydrogens is 272 g/mol. The minimum Gasteiger partial charge on any atom is -0.477 e. The van der Waals surface area contributed by atoms with E-state index in [0.717, 1.165) is 30.4 Å². The monoisotopic (exact) mass is 296 g/mol. The van der Waals surface area contributed by atoms with E-state index in [1.807, 2.05) is 13.0 Å². The first kappa shape index (κ1) is 15.5. The van der Waals surface area contributed by atoms with Gasteiger partial charge >= 0.3 is 5.97 Å². The van der Waals surface area contributed by atoms with Gasteiger partial charge in [-0.15, -0.1) is 11.3 Å². The molecule has 1 aliphatic heterocycles. The van der Waals surface area contributed by atoms with Crippen molar-refractivity contribution in [2.75, 3.05) is 33.7 Å². The number of carboxylic acid groups (broad SMARTS) is 1. The lowest BCUT2D eigenvalue weighted by Crippen LogP contribution is -2.36. The second-order valence-electron chi connectivity index (χ2n) is 5.98. The molecule has 2 rings (SSSR count). The Bertz CT molecular complexity index is 462. The molecule has 1 fully saturated rings. The van der Waals surface area contributed by atoms with Gasteiger partial charge in [-0.3, -0.25) is 4.90 Å². The molecule has 0 radical (unpaired) electrons. The highest BCUT2D eigenvalue weighted by Crippen LogP contribution is 2.25. The van der Waals surface area contributed by atoms with Gasteiger partial charge in [0.05, 0.1) is 0 Å². The summed E-state index contributed by atoms with van der Waals surface area (Å²) in [6.07, 6.45) is 2.49. The Balaban J connectivity index is 1.88. The molecule has 0 spiro atoms. The van der Waals surface area contributed by atoms with E-state index in [4.69, 9.17) is 5.11 Å². The van der Waals surface area contributed by atoms with Crippen molar-refractivity contribution in [3.63, 3.8) is 0 Å². The lowest BCUT2D eigenvalue weighted by atomic mass is 9.96. The van der Waals surface area contributed by atoms with Crippen molar-refractivity contribution in [3.05, 3.63) is 21.4 Å². The van der Waals surface area contributed by atoms with Crippen LogP contribution in [0.3, 0.4) is 0 Å². The van der Waals surface area contributed by atoms with Crippen molar-refractivity contribution in [3.8, 4) is 0 Å². The summed E-state index contributed by atoms with van der Waals surface area (Å²) in [5.74, 6) is -0.00607. The van der Waals surface area contributed by atoms with E-state index in [1.54, 1.807) is 0 Å². The number of thiophene rings is 1. The summed E-state index contributed by atoms with van der Waals surface area (Å²) in [5, 5.41) is 9.04. The summed E-state index contributed by atoms with van der Waals surface area (Å²) in [7, 11) is 4.27. The van der Waals surface area contributed by atoms with Crippen molar-refractivity contribution in [2.45, 2.75) is 26.3 Å². The number of aromatic carboxylic acids is 1. The third-order valence-corrected chi connectivity index (χ3v) is 5.04. The van der Waals surface area contributed by atoms with Gasteiger partial charge in [0.15, 0.2) is 0 Å². The van der Waals surface area contributed by atoms with Crippen LogP contribution in [-0.2, 0) is 6.54 Å². The number of piperidine rings is 1. The fourth-order valence-corrected chi connectivity index (χ4v) is 3.74. The molecule has 1 saturated heterocycles. The topological polar surface area (TPSA) is 43.8 Å². The minimum atomic E-state index is -0.811. The summed E-state index contributed by atoms with van der Waals surface area (Å²) >= 11 is 1.39. The predicted octanol–water partition coefficient (Wildman–Crippen LogP) is 2.53. The predicted molar refractivity (Wildman–Crippen MR) is 82.6 cm³/mol. The zero-order chi connectivity index (χ0) is 14.7. The summed E-state index contributed by atoms with van der Waals surface area (Å²) in [5.41, 5.74) is 1.18. The minimum absolute atomic E-state index is 0.458. The normalized spacial score (nSPS) is 17.8. The van der Waals surface area contributed by atoms with Gasteiger partial charge < -0.3 is 10.0 Å². The molecule has 1 aromatic rings. The number of aryl methyl sites for hydroxylation is 1. The molecular formula is C15H24N2O2S. The van der Waals surface area contributed by atoms with E-state index in [2.05, 4.69) is 23.9 Å². The Morgan fingerprint density at radius 2 is 2.10 bits per heavy atom. The smallest absolute Gasteiger partial charge is 0.345 e. The highest BCUT2D eigenvalue weighted by Gasteiger charge is 2.21. The highest BCUT2D eigenvalue weighted by molar-refractivity contribution is 7.14. The molecule has 0 atom stereocenters. The Labute approximate surface area is 125 Å². The van der Waals surface area contributed by atoms with Crippen LogP contribution in [-0.4, -0.2) is 54.6 Å². The molecule has 5 heteroatoms. The lowest BCUT2D eigenvalue weighted by molar-refractivity contribution is 0.0702. The Morgan fingerprint density at radius 3 is 2.60 bits per heavy atom. The highest BCUT2D eigenvalue weighted by atomic mass is 32.1. The van der Waals surface area contributed by atoms with E-state index < -0.39 is 5.97 Å². The van der Waals surface area contributed by atoms with Crippen LogP contribution >= 0.6 is 11.3 Å². The van der Waals surface area contributed by atoms with E-state index in [-0.39, 0.29) is 0 Å². The van der Waals surface area contributed by atoms with Gasteiger partial charge in [-0.1, -0.05) is 0 Å². The first-order chi connectivity index (χ1) is 9.45. The van der Waals surface area contributed by atoms with Crippen LogP contribution in [0.4, 0.5) is 0 Å². The lowest BCUT2D eigenvalue weighted by Gasteiger charge is -2.33. The molecule has 112 valence electrons. The third kappa shape index (κ3) is 4.04. The average Bonchev–Trinajstić information content (AvgIpc) is 2.73. The fraction of sp³-hybridized carbons (Fsp3) is 0.667. The van der Waals surface area contributed by atoms with Gasteiger partial charge in [0.2, 0.25) is 0 Å². The number of hydrogen-bond acceptors (Lipinski definition) is 4. The van der Waals surface area contributed by atoms with Crippen LogP contribution in [0.2, 0.25) is 0 Å². The maximum absolute atomic E-state index is 11.0. The van der Waals surface area contributed by atoms with Crippen molar-refractivity contribution in [2.24, 2.45) is 5.92 Å². The Hall–Kier alpha value is -0.910. The van der Waals surface area contributed by atoms with Gasteiger partial charge in [-0.2, -0.15) is 0 Å². The van der Waals surface area contributed by atoms with Crippen molar-refractivity contribution in [1.29, 1.82) is 0 Å². The fourth-order valence-electron chi connectivity index (χ4n) is 2.87. The van der Waals surface area contributed by atoms with Gasteiger partial charge in [0.1, 0.15) is 4.88 Å². The maximum atomic E-state index is 11.0. The molecule has 20 heavy (non-hydrogen) atoms. The molecule has 1 N–H and O–H groups in total. The number of hydrogen-bond donors (Lipinski definition) is 1. The molecule has 4 nitrogen and oxygen atoms in total. The molecule has 0 unspecified atom stereocenters. The molecule has 0 aliphatic carbocycles. The van der Waals surface area contributed by atoms with Crippen LogP contribution in [0.5, 0.6) is 0 Å². The zero-order valence-corrected chi connectivity index (χ0v) is 13.4. The van der Waals surface area contributed by atoms with Gasteiger partial charge in [-0.05, 0) is 64.5 Å². The standard InChI is InChI=1S/C15H24N2O2S/c1-11-13(8-14(20-11)15(18)19)10-17-6-4-12(5-7-17)9-16(2)3/h8,12H,4-7,9-10H2,1-3H3,(H,18,19). The molecule has 0 bridgehead atoms. The Kier molecular flexibility index (Phi) is 5.18. The molecule has 1 aliphatic rings. The summed E-state index contributed by atoms with van der Waals surface area (Å²) < 4.78 is 0. The van der Waals surface area contributed by atoms with Crippen LogP contribution in [0, 0.1) is 12.8 Å². The number of likely N-dealkylation sites (tertiary alicyclic amines) is 1. The number of carboxylic acids is 1. The number of rotatable bonds is 5. The van der Waals surface area contributed by atoms with Gasteiger partial charge in [0.25, 0.3) is 0 Å². The van der Waals surface area contributed by atoms with Crippen molar-refractivity contribution >= 4 is 17.3 Å². The quantitative estimate of drug-likeness (QED) is 0.907. The van der Waals surface area contributed by atoms with Gasteiger partial charge in [0, 0.05) is 18.0 Å². The third-order valence-electron chi connectivity index (χ3n) is 3.96. The molecule has 0 aromatic carbocycles. The molecule has 1 aromatic heterocycles. The van der Waals surface area contributed by atoms with Crippen LogP contribution in [0.1, 0.15) is 33.0 Å². The van der Waals surface area contributed by atoms with E-state index in [0.29, 0.717) is 4.88 Å². The second-order valence-corrected chi connectivity index (χ2v) is 7.24. The van der Waals surface area contributed by atoms with E-state index in [1.165, 1.54) is 36.3 Å². The first-order valence-electron chi connectivity index (χ1n) is 7.15. The maximum Gasteiger partial charge on any atom is 0.345 e. The summed E-state index contributed by atoms with van der Waals surface area (Å²) in [6.45, 7) is 6.33. The zero-order valence-electron chi connectivity index (χ0n) is 12.6. The summed E-state index contributed by atoms with van der Waals surface area (Å²) in [6, 6.07) is 1.84. The van der Waals surface area contributed by atoms with E-state index in [9.17, 15) is 4.79 Å².